The Morgan fingerprint density at radius 2 is 2.21 bits per heavy atom. The molecule has 0 atom stereocenters. The van der Waals surface area contributed by atoms with Crippen LogP contribution in [-0.4, -0.2) is 16.5 Å². The van der Waals surface area contributed by atoms with Crippen LogP contribution in [0.2, 0.25) is 0 Å². The predicted molar refractivity (Wildman–Crippen MR) is 80.3 cm³/mol. The van der Waals surface area contributed by atoms with Crippen molar-refractivity contribution in [1.82, 2.24) is 9.97 Å². The number of nitrogens with zero attached hydrogens (tertiary/aromatic N) is 3. The lowest BCUT2D eigenvalue weighted by Gasteiger charge is -2.24. The van der Waals surface area contributed by atoms with Gasteiger partial charge in [0.05, 0.1) is 6.54 Å². The molecule has 0 saturated carbocycles. The third kappa shape index (κ3) is 3.02. The largest absolute Gasteiger partial charge is 0.351 e. The van der Waals surface area contributed by atoms with Crippen LogP contribution in [0.3, 0.4) is 0 Å². The third-order valence-electron chi connectivity index (χ3n) is 3.02. The van der Waals surface area contributed by atoms with Gasteiger partial charge in [-0.15, -0.1) is 11.3 Å². The first-order chi connectivity index (χ1) is 9.30. The summed E-state index contributed by atoms with van der Waals surface area (Å²) in [4.78, 5) is 12.2. The first-order valence-electron chi connectivity index (χ1n) is 6.37. The van der Waals surface area contributed by atoms with Crippen LogP contribution in [0.1, 0.15) is 24.3 Å². The number of hydrogen-bond donors (Lipinski definition) is 2. The number of aromatic nitrogens is 2. The highest BCUT2D eigenvalue weighted by Gasteiger charge is 2.15. The summed E-state index contributed by atoms with van der Waals surface area (Å²) in [5.41, 5.74) is 3.71. The maximum atomic E-state index is 5.52. The normalized spacial score (nSPS) is 10.5. The Bertz CT molecular complexity index is 512. The van der Waals surface area contributed by atoms with E-state index in [-0.39, 0.29) is 0 Å². The van der Waals surface area contributed by atoms with E-state index >= 15 is 0 Å². The fraction of sp³-hybridized carbons (Fsp3) is 0.385. The lowest BCUT2D eigenvalue weighted by molar-refractivity contribution is 0.807. The average molecular weight is 277 g/mol. The van der Waals surface area contributed by atoms with Crippen molar-refractivity contribution in [3.05, 3.63) is 34.3 Å². The van der Waals surface area contributed by atoms with E-state index in [1.165, 1.54) is 4.88 Å². The minimum absolute atomic E-state index is 0.706. The fourth-order valence-corrected chi connectivity index (χ4v) is 2.77. The molecule has 102 valence electrons. The minimum Gasteiger partial charge on any atom is -0.351 e. The van der Waals surface area contributed by atoms with E-state index in [1.54, 1.807) is 17.7 Å². The highest BCUT2D eigenvalue weighted by Crippen LogP contribution is 2.25. The molecule has 2 heterocycles. The van der Waals surface area contributed by atoms with Gasteiger partial charge in [0.1, 0.15) is 18.0 Å². The van der Waals surface area contributed by atoms with Gasteiger partial charge in [-0.05, 0) is 24.8 Å². The van der Waals surface area contributed by atoms with Crippen LogP contribution >= 0.6 is 11.3 Å². The number of thiophene rings is 1. The Hall–Kier alpha value is -1.66. The molecule has 0 aromatic carbocycles. The molecule has 0 aliphatic heterocycles. The van der Waals surface area contributed by atoms with Crippen molar-refractivity contribution in [1.29, 1.82) is 0 Å². The predicted octanol–water partition coefficient (Wildman–Crippen LogP) is 2.41. The first-order valence-corrected chi connectivity index (χ1v) is 7.25. The number of hydrazine groups is 1. The van der Waals surface area contributed by atoms with Gasteiger partial charge in [-0.25, -0.2) is 15.8 Å². The molecule has 2 rings (SSSR count). The highest BCUT2D eigenvalue weighted by molar-refractivity contribution is 7.09. The van der Waals surface area contributed by atoms with Crippen molar-refractivity contribution in [2.45, 2.75) is 26.8 Å². The maximum Gasteiger partial charge on any atom is 0.148 e. The lowest BCUT2D eigenvalue weighted by Crippen LogP contribution is -2.25. The van der Waals surface area contributed by atoms with Crippen LogP contribution < -0.4 is 16.2 Å². The number of rotatable bonds is 6. The van der Waals surface area contributed by atoms with E-state index < -0.39 is 0 Å². The molecular weight excluding hydrogens is 258 g/mol. The maximum absolute atomic E-state index is 5.52. The smallest absolute Gasteiger partial charge is 0.148 e. The number of anilines is 2. The molecule has 0 fully saturated rings. The summed E-state index contributed by atoms with van der Waals surface area (Å²) in [6, 6.07) is 4.21. The molecule has 0 aliphatic carbocycles. The number of nitrogens with two attached hydrogens (primary N) is 1. The second-order valence-electron chi connectivity index (χ2n) is 4.12. The Labute approximate surface area is 117 Å². The van der Waals surface area contributed by atoms with E-state index in [0.717, 1.165) is 30.9 Å². The molecular formula is C13H19N5S. The van der Waals surface area contributed by atoms with E-state index in [1.807, 2.05) is 0 Å². The second kappa shape index (κ2) is 6.49. The van der Waals surface area contributed by atoms with Crippen molar-refractivity contribution in [2.24, 2.45) is 5.84 Å². The van der Waals surface area contributed by atoms with Gasteiger partial charge in [-0.3, -0.25) is 0 Å². The molecule has 19 heavy (non-hydrogen) atoms. The van der Waals surface area contributed by atoms with Gasteiger partial charge >= 0.3 is 0 Å². The second-order valence-corrected chi connectivity index (χ2v) is 5.15. The van der Waals surface area contributed by atoms with Crippen LogP contribution in [0, 0.1) is 0 Å². The molecule has 3 N–H and O–H groups in total. The summed E-state index contributed by atoms with van der Waals surface area (Å²) >= 11 is 1.76. The number of nitrogens with one attached hydrogen (secondary N) is 1. The van der Waals surface area contributed by atoms with Crippen molar-refractivity contribution in [3.63, 3.8) is 0 Å². The summed E-state index contributed by atoms with van der Waals surface area (Å²) in [6.07, 6.45) is 2.40. The van der Waals surface area contributed by atoms with Crippen LogP contribution in [-0.2, 0) is 13.0 Å². The zero-order valence-corrected chi connectivity index (χ0v) is 12.1. The molecule has 0 saturated heterocycles. The Morgan fingerprint density at radius 1 is 1.37 bits per heavy atom. The standard InChI is InChI=1S/C13H19N5S/c1-3-11-12(17-14)15-9-16-13(11)18(4-2)8-10-6-5-7-19-10/h5-7,9H,3-4,8,14H2,1-2H3,(H,15,16,17). The molecule has 0 bridgehead atoms. The molecule has 2 aromatic heterocycles. The molecule has 0 aliphatic rings. The van der Waals surface area contributed by atoms with Crippen LogP contribution in [0.5, 0.6) is 0 Å². The van der Waals surface area contributed by atoms with Gasteiger partial charge in [0.25, 0.3) is 0 Å². The van der Waals surface area contributed by atoms with Crippen LogP contribution in [0.4, 0.5) is 11.6 Å². The Balaban J connectivity index is 2.32. The highest BCUT2D eigenvalue weighted by atomic mass is 32.1. The zero-order chi connectivity index (χ0) is 13.7. The summed E-state index contributed by atoms with van der Waals surface area (Å²) in [5.74, 6) is 7.18. The summed E-state index contributed by atoms with van der Waals surface area (Å²) in [6.45, 7) is 5.97. The van der Waals surface area contributed by atoms with E-state index in [2.05, 4.69) is 51.7 Å². The molecule has 2 aromatic rings. The quantitative estimate of drug-likeness (QED) is 0.627. The molecule has 0 radical (unpaired) electrons. The molecule has 6 heteroatoms. The van der Waals surface area contributed by atoms with Gasteiger partial charge in [-0.1, -0.05) is 13.0 Å². The summed E-state index contributed by atoms with van der Waals surface area (Å²) in [5, 5.41) is 2.09. The number of hydrogen-bond acceptors (Lipinski definition) is 6. The van der Waals surface area contributed by atoms with Crippen molar-refractivity contribution < 1.29 is 0 Å². The van der Waals surface area contributed by atoms with Gasteiger partial charge < -0.3 is 10.3 Å². The van der Waals surface area contributed by atoms with Gasteiger partial charge in [0.2, 0.25) is 0 Å². The number of nitrogen functional groups attached to an aromatic ring is 1. The zero-order valence-electron chi connectivity index (χ0n) is 11.3. The minimum atomic E-state index is 0.706. The lowest BCUT2D eigenvalue weighted by atomic mass is 10.2. The average Bonchev–Trinajstić information content (AvgIpc) is 2.96. The van der Waals surface area contributed by atoms with Gasteiger partial charge in [0.15, 0.2) is 0 Å². The van der Waals surface area contributed by atoms with Crippen molar-refractivity contribution in [2.75, 3.05) is 16.9 Å². The van der Waals surface area contributed by atoms with E-state index in [0.29, 0.717) is 5.82 Å². The molecule has 0 amide bonds. The topological polar surface area (TPSA) is 67.1 Å². The van der Waals surface area contributed by atoms with E-state index in [9.17, 15) is 0 Å². The summed E-state index contributed by atoms with van der Waals surface area (Å²) in [7, 11) is 0. The van der Waals surface area contributed by atoms with Gasteiger partial charge in [-0.2, -0.15) is 0 Å². The Morgan fingerprint density at radius 3 is 2.79 bits per heavy atom. The Kier molecular flexibility index (Phi) is 4.70. The molecule has 0 unspecified atom stereocenters. The monoisotopic (exact) mass is 277 g/mol. The SMILES string of the molecule is CCc1c(NN)ncnc1N(CC)Cc1cccs1. The van der Waals surface area contributed by atoms with Crippen LogP contribution in [0.25, 0.3) is 0 Å². The third-order valence-corrected chi connectivity index (χ3v) is 3.88. The molecule has 5 nitrogen and oxygen atoms in total. The first kappa shape index (κ1) is 13.8. The van der Waals surface area contributed by atoms with Crippen molar-refractivity contribution >= 4 is 23.0 Å². The summed E-state index contributed by atoms with van der Waals surface area (Å²) < 4.78 is 0. The van der Waals surface area contributed by atoms with Crippen LogP contribution in [0.15, 0.2) is 23.8 Å². The fourth-order valence-electron chi connectivity index (χ4n) is 2.05. The van der Waals surface area contributed by atoms with E-state index in [4.69, 9.17) is 5.84 Å². The molecule has 0 spiro atoms. The van der Waals surface area contributed by atoms with Gasteiger partial charge in [0, 0.05) is 17.0 Å². The van der Waals surface area contributed by atoms with Crippen molar-refractivity contribution in [3.8, 4) is 0 Å².